The molecule has 2 aromatic carbocycles. The van der Waals surface area contributed by atoms with Crippen LogP contribution in [0.2, 0.25) is 0 Å². The molecule has 0 amide bonds. The van der Waals surface area contributed by atoms with Gasteiger partial charge < -0.3 is 4.74 Å². The molecule has 0 aromatic heterocycles. The summed E-state index contributed by atoms with van der Waals surface area (Å²) in [5, 5.41) is 8.82. The number of fused-ring (bicyclic) bond motifs is 1. The maximum absolute atomic E-state index is 12.7. The molecule has 0 saturated carbocycles. The normalized spacial score (nSPS) is 15.6. The van der Waals surface area contributed by atoms with Crippen molar-refractivity contribution in [1.82, 2.24) is 0 Å². The largest absolute Gasteiger partial charge is 0.492 e. The van der Waals surface area contributed by atoms with Crippen LogP contribution in [0.25, 0.3) is 6.08 Å². The number of carbonyl (C=O) groups excluding carboxylic acids is 1. The summed E-state index contributed by atoms with van der Waals surface area (Å²) in [6, 6.07) is 14.7. The highest BCUT2D eigenvalue weighted by molar-refractivity contribution is 9.10. The van der Waals surface area contributed by atoms with E-state index >= 15 is 0 Å². The second-order valence-corrected chi connectivity index (χ2v) is 5.89. The Morgan fingerprint density at radius 3 is 2.68 bits per heavy atom. The maximum Gasteiger partial charge on any atom is 0.192 e. The second-order valence-electron chi connectivity index (χ2n) is 4.97. The van der Waals surface area contributed by atoms with E-state index in [4.69, 9.17) is 10.00 Å². The number of ketones is 1. The van der Waals surface area contributed by atoms with Gasteiger partial charge in [-0.15, -0.1) is 0 Å². The first-order valence-corrected chi connectivity index (χ1v) is 7.64. The molecule has 0 atom stereocenters. The number of rotatable bonds is 1. The number of nitriles is 1. The lowest BCUT2D eigenvalue weighted by Gasteiger charge is -2.05. The fourth-order valence-electron chi connectivity index (χ4n) is 2.35. The maximum atomic E-state index is 12.7. The van der Waals surface area contributed by atoms with Gasteiger partial charge in [-0.25, -0.2) is 0 Å². The molecular formula is C18H12BrNO2. The molecule has 3 rings (SSSR count). The summed E-state index contributed by atoms with van der Waals surface area (Å²) in [5.41, 5.74) is 2.81. The van der Waals surface area contributed by atoms with E-state index in [1.54, 1.807) is 18.2 Å². The number of nitrogens with zero attached hydrogens (tertiary/aromatic N) is 1. The van der Waals surface area contributed by atoms with Crippen molar-refractivity contribution in [3.8, 4) is 11.8 Å². The lowest BCUT2D eigenvalue weighted by atomic mass is 9.99. The molecule has 2 aromatic rings. The number of Topliss-reactive ketones (excluding diaryl/α,β-unsaturated/α-hetero) is 1. The van der Waals surface area contributed by atoms with Crippen LogP contribution in [0.4, 0.5) is 0 Å². The van der Waals surface area contributed by atoms with Crippen LogP contribution in [0, 0.1) is 11.3 Å². The molecule has 1 heterocycles. The first kappa shape index (κ1) is 14.6. The van der Waals surface area contributed by atoms with Crippen molar-refractivity contribution >= 4 is 27.8 Å². The molecule has 0 aliphatic carbocycles. The first-order valence-electron chi connectivity index (χ1n) is 6.85. The summed E-state index contributed by atoms with van der Waals surface area (Å²) < 4.78 is 6.56. The lowest BCUT2D eigenvalue weighted by Crippen LogP contribution is -2.02. The zero-order chi connectivity index (χ0) is 15.5. The Morgan fingerprint density at radius 1 is 1.18 bits per heavy atom. The zero-order valence-electron chi connectivity index (χ0n) is 11.7. The Balaban J connectivity index is 1.97. The summed E-state index contributed by atoms with van der Waals surface area (Å²) in [4.78, 5) is 12.7. The van der Waals surface area contributed by atoms with Gasteiger partial charge in [0.2, 0.25) is 0 Å². The molecular weight excluding hydrogens is 342 g/mol. The van der Waals surface area contributed by atoms with Crippen molar-refractivity contribution in [3.05, 3.63) is 69.2 Å². The SMILES string of the molecule is N#Cc1ccc(/C=C2\CCOc3cc(Br)ccc3C2=O)cc1. The van der Waals surface area contributed by atoms with Crippen molar-refractivity contribution in [2.24, 2.45) is 0 Å². The highest BCUT2D eigenvalue weighted by Gasteiger charge is 2.21. The Labute approximate surface area is 137 Å². The van der Waals surface area contributed by atoms with Crippen LogP contribution in [0.3, 0.4) is 0 Å². The molecule has 4 heteroatoms. The van der Waals surface area contributed by atoms with E-state index in [-0.39, 0.29) is 5.78 Å². The fraction of sp³-hybridized carbons (Fsp3) is 0.111. The third-order valence-electron chi connectivity index (χ3n) is 3.49. The molecule has 0 spiro atoms. The van der Waals surface area contributed by atoms with Crippen LogP contribution < -0.4 is 4.74 Å². The van der Waals surface area contributed by atoms with E-state index in [9.17, 15) is 4.79 Å². The van der Waals surface area contributed by atoms with Crippen molar-refractivity contribution in [3.63, 3.8) is 0 Å². The van der Waals surface area contributed by atoms with Gasteiger partial charge in [-0.2, -0.15) is 5.26 Å². The van der Waals surface area contributed by atoms with Crippen LogP contribution in [0.15, 0.2) is 52.5 Å². The predicted molar refractivity (Wildman–Crippen MR) is 87.7 cm³/mol. The second kappa shape index (κ2) is 6.17. The number of carbonyl (C=O) groups is 1. The van der Waals surface area contributed by atoms with Gasteiger partial charge in [0, 0.05) is 16.5 Å². The number of benzene rings is 2. The minimum Gasteiger partial charge on any atom is -0.492 e. The van der Waals surface area contributed by atoms with Gasteiger partial charge in [-0.3, -0.25) is 4.79 Å². The lowest BCUT2D eigenvalue weighted by molar-refractivity contribution is 0.103. The number of hydrogen-bond acceptors (Lipinski definition) is 3. The molecule has 0 N–H and O–H groups in total. The third kappa shape index (κ3) is 2.95. The monoisotopic (exact) mass is 353 g/mol. The Kier molecular flexibility index (Phi) is 4.08. The molecule has 1 aliphatic heterocycles. The first-order chi connectivity index (χ1) is 10.7. The molecule has 22 heavy (non-hydrogen) atoms. The molecule has 0 fully saturated rings. The van der Waals surface area contributed by atoms with E-state index in [0.717, 1.165) is 10.0 Å². The molecule has 0 unspecified atom stereocenters. The summed E-state index contributed by atoms with van der Waals surface area (Å²) in [5.74, 6) is 0.604. The van der Waals surface area contributed by atoms with Gasteiger partial charge in [0.1, 0.15) is 5.75 Å². The van der Waals surface area contributed by atoms with Gasteiger partial charge in [-0.05, 0) is 42.0 Å². The topological polar surface area (TPSA) is 50.1 Å². The van der Waals surface area contributed by atoms with E-state index in [1.807, 2.05) is 30.3 Å². The van der Waals surface area contributed by atoms with Crippen molar-refractivity contribution < 1.29 is 9.53 Å². The molecule has 108 valence electrons. The van der Waals surface area contributed by atoms with Crippen LogP contribution >= 0.6 is 15.9 Å². The van der Waals surface area contributed by atoms with Crippen LogP contribution in [-0.4, -0.2) is 12.4 Å². The molecule has 0 radical (unpaired) electrons. The van der Waals surface area contributed by atoms with Crippen molar-refractivity contribution in [1.29, 1.82) is 5.26 Å². The third-order valence-corrected chi connectivity index (χ3v) is 3.98. The minimum absolute atomic E-state index is 0.00985. The number of ether oxygens (including phenoxy) is 1. The Morgan fingerprint density at radius 2 is 1.95 bits per heavy atom. The highest BCUT2D eigenvalue weighted by atomic mass is 79.9. The summed E-state index contributed by atoms with van der Waals surface area (Å²) in [6.07, 6.45) is 2.43. The van der Waals surface area contributed by atoms with E-state index in [2.05, 4.69) is 22.0 Å². The molecule has 0 saturated heterocycles. The van der Waals surface area contributed by atoms with Crippen LogP contribution in [-0.2, 0) is 0 Å². The zero-order valence-corrected chi connectivity index (χ0v) is 13.3. The highest BCUT2D eigenvalue weighted by Crippen LogP contribution is 2.30. The Hall–Kier alpha value is -2.38. The fourth-order valence-corrected chi connectivity index (χ4v) is 2.69. The van der Waals surface area contributed by atoms with Crippen molar-refractivity contribution in [2.75, 3.05) is 6.61 Å². The van der Waals surface area contributed by atoms with Gasteiger partial charge in [0.25, 0.3) is 0 Å². The summed E-state index contributed by atoms with van der Waals surface area (Å²) >= 11 is 3.39. The average molecular weight is 354 g/mol. The van der Waals surface area contributed by atoms with Gasteiger partial charge >= 0.3 is 0 Å². The minimum atomic E-state index is -0.00985. The summed E-state index contributed by atoms with van der Waals surface area (Å²) in [6.45, 7) is 0.470. The van der Waals surface area contributed by atoms with Gasteiger partial charge in [0.05, 0.1) is 23.8 Å². The summed E-state index contributed by atoms with van der Waals surface area (Å²) in [7, 11) is 0. The standard InChI is InChI=1S/C18H12BrNO2/c19-15-5-6-16-17(10-15)22-8-7-14(18(16)21)9-12-1-3-13(11-20)4-2-12/h1-6,9-10H,7-8H2/b14-9+. The predicted octanol–water partition coefficient (Wildman–Crippen LogP) is 4.37. The van der Waals surface area contributed by atoms with Crippen LogP contribution in [0.1, 0.15) is 27.9 Å². The molecule has 3 nitrogen and oxygen atoms in total. The average Bonchev–Trinajstić information content (AvgIpc) is 2.68. The van der Waals surface area contributed by atoms with Gasteiger partial charge in [0.15, 0.2) is 5.78 Å². The molecule has 1 aliphatic rings. The van der Waals surface area contributed by atoms with E-state index in [1.165, 1.54) is 0 Å². The van der Waals surface area contributed by atoms with Gasteiger partial charge in [-0.1, -0.05) is 28.1 Å². The number of halogens is 1. The Bertz CT molecular complexity index is 801. The quantitative estimate of drug-likeness (QED) is 0.715. The van der Waals surface area contributed by atoms with E-state index in [0.29, 0.717) is 35.5 Å². The van der Waals surface area contributed by atoms with E-state index < -0.39 is 0 Å². The smallest absolute Gasteiger partial charge is 0.192 e. The van der Waals surface area contributed by atoms with Crippen molar-refractivity contribution in [2.45, 2.75) is 6.42 Å². The molecule has 0 bridgehead atoms. The van der Waals surface area contributed by atoms with Crippen LogP contribution in [0.5, 0.6) is 5.75 Å². The number of hydrogen-bond donors (Lipinski definition) is 0.